The Kier molecular flexibility index (Phi) is 4.98. The summed E-state index contributed by atoms with van der Waals surface area (Å²) in [6.45, 7) is 2.34. The first-order valence-electron chi connectivity index (χ1n) is 6.92. The van der Waals surface area contributed by atoms with Crippen LogP contribution in [0.2, 0.25) is 0 Å². The molecular formula is C14H15F6NO2. The average molecular weight is 343 g/mol. The minimum atomic E-state index is -5.00. The lowest BCUT2D eigenvalue weighted by Gasteiger charge is -2.24. The van der Waals surface area contributed by atoms with Crippen molar-refractivity contribution in [3.63, 3.8) is 0 Å². The molecule has 1 aromatic carbocycles. The molecular weight excluding hydrogens is 328 g/mol. The molecule has 0 radical (unpaired) electrons. The topological polar surface area (TPSA) is 21.7 Å². The van der Waals surface area contributed by atoms with Gasteiger partial charge in [0, 0.05) is 12.6 Å². The van der Waals surface area contributed by atoms with E-state index in [1.54, 1.807) is 4.90 Å². The van der Waals surface area contributed by atoms with E-state index in [0.717, 1.165) is 31.0 Å². The molecule has 0 spiro atoms. The monoisotopic (exact) mass is 343 g/mol. The van der Waals surface area contributed by atoms with Crippen LogP contribution in [-0.4, -0.2) is 30.2 Å². The summed E-state index contributed by atoms with van der Waals surface area (Å²) in [4.78, 5) is 1.79. The number of likely N-dealkylation sites (tertiary alicyclic amines) is 1. The van der Waals surface area contributed by atoms with Crippen molar-refractivity contribution in [2.24, 2.45) is 0 Å². The van der Waals surface area contributed by atoms with Gasteiger partial charge in [-0.15, -0.1) is 26.3 Å². The fourth-order valence-electron chi connectivity index (χ4n) is 2.57. The van der Waals surface area contributed by atoms with Crippen LogP contribution in [0.5, 0.6) is 11.5 Å². The maximum Gasteiger partial charge on any atom is 0.573 e. The molecule has 130 valence electrons. The minimum absolute atomic E-state index is 0.0627. The van der Waals surface area contributed by atoms with Crippen LogP contribution in [0.25, 0.3) is 0 Å². The first-order valence-corrected chi connectivity index (χ1v) is 6.92. The molecule has 0 saturated carbocycles. The number of nitrogens with zero attached hydrogens (tertiary/aromatic N) is 1. The van der Waals surface area contributed by atoms with Gasteiger partial charge < -0.3 is 9.47 Å². The molecule has 1 atom stereocenters. The molecule has 0 amide bonds. The van der Waals surface area contributed by atoms with Crippen LogP contribution in [0.4, 0.5) is 26.3 Å². The quantitative estimate of drug-likeness (QED) is 0.753. The highest BCUT2D eigenvalue weighted by Gasteiger charge is 2.36. The van der Waals surface area contributed by atoms with Crippen LogP contribution in [0.3, 0.4) is 0 Å². The molecule has 9 heteroatoms. The van der Waals surface area contributed by atoms with Crippen LogP contribution in [-0.2, 0) is 6.54 Å². The van der Waals surface area contributed by atoms with Crippen molar-refractivity contribution >= 4 is 0 Å². The molecule has 1 aromatic rings. The number of alkyl halides is 6. The molecule has 1 unspecified atom stereocenters. The molecule has 3 nitrogen and oxygen atoms in total. The Balaban J connectivity index is 2.35. The fraction of sp³-hybridized carbons (Fsp3) is 0.571. The van der Waals surface area contributed by atoms with Gasteiger partial charge >= 0.3 is 12.7 Å². The zero-order chi connectivity index (χ0) is 17.3. The smallest absolute Gasteiger partial charge is 0.405 e. The van der Waals surface area contributed by atoms with E-state index in [9.17, 15) is 26.3 Å². The first kappa shape index (κ1) is 17.7. The lowest BCUT2D eigenvalue weighted by molar-refractivity contribution is -0.277. The third kappa shape index (κ3) is 5.19. The van der Waals surface area contributed by atoms with Crippen molar-refractivity contribution in [1.82, 2.24) is 4.90 Å². The third-order valence-electron chi connectivity index (χ3n) is 3.59. The summed E-state index contributed by atoms with van der Waals surface area (Å²) in [5.41, 5.74) is -0.268. The molecule has 2 rings (SSSR count). The predicted octanol–water partition coefficient (Wildman–Crippen LogP) is 4.47. The first-order chi connectivity index (χ1) is 10.6. The van der Waals surface area contributed by atoms with Crippen molar-refractivity contribution in [1.29, 1.82) is 0 Å². The number of halogens is 6. The number of hydrogen-bond donors (Lipinski definition) is 0. The highest BCUT2D eigenvalue weighted by molar-refractivity contribution is 5.45. The van der Waals surface area contributed by atoms with Gasteiger partial charge in [-0.2, -0.15) is 0 Å². The van der Waals surface area contributed by atoms with Crippen LogP contribution in [0.15, 0.2) is 18.2 Å². The van der Waals surface area contributed by atoms with Gasteiger partial charge in [-0.05, 0) is 38.4 Å². The molecule has 0 aromatic heterocycles. The summed E-state index contributed by atoms with van der Waals surface area (Å²) < 4.78 is 82.6. The van der Waals surface area contributed by atoms with Gasteiger partial charge in [0.1, 0.15) is 11.5 Å². The Bertz CT molecular complexity index is 509. The second-order valence-electron chi connectivity index (χ2n) is 5.29. The van der Waals surface area contributed by atoms with Crippen LogP contribution in [0, 0.1) is 0 Å². The zero-order valence-electron chi connectivity index (χ0n) is 12.2. The standard InChI is InChI=1S/C14H15F6NO2/c1-9-4-3-7-21(9)8-10-11(22-13(15,16)17)5-2-6-12(10)23-14(18,19)20/h2,5-6,9H,3-4,7-8H2,1H3. The second kappa shape index (κ2) is 6.46. The molecule has 1 saturated heterocycles. The summed E-state index contributed by atoms with van der Waals surface area (Å²) in [5, 5.41) is 0. The molecule has 1 aliphatic rings. The van der Waals surface area contributed by atoms with Crippen molar-refractivity contribution in [2.45, 2.75) is 45.1 Å². The third-order valence-corrected chi connectivity index (χ3v) is 3.59. The maximum atomic E-state index is 12.5. The van der Waals surface area contributed by atoms with Gasteiger partial charge in [-0.1, -0.05) is 6.07 Å². The summed E-state index contributed by atoms with van der Waals surface area (Å²) in [5.74, 6) is -1.36. The molecule has 0 aliphatic carbocycles. The Morgan fingerprint density at radius 1 is 1.04 bits per heavy atom. The van der Waals surface area contributed by atoms with Gasteiger partial charge in [-0.3, -0.25) is 4.90 Å². The van der Waals surface area contributed by atoms with Crippen molar-refractivity contribution in [3.8, 4) is 11.5 Å². The predicted molar refractivity (Wildman–Crippen MR) is 68.9 cm³/mol. The largest absolute Gasteiger partial charge is 0.573 e. The van der Waals surface area contributed by atoms with Crippen molar-refractivity contribution in [2.75, 3.05) is 6.54 Å². The lowest BCUT2D eigenvalue weighted by atomic mass is 10.1. The van der Waals surface area contributed by atoms with E-state index in [0.29, 0.717) is 6.54 Å². The second-order valence-corrected chi connectivity index (χ2v) is 5.29. The van der Waals surface area contributed by atoms with Gasteiger partial charge in [0.05, 0.1) is 5.56 Å². The molecule has 1 aliphatic heterocycles. The highest BCUT2D eigenvalue weighted by Crippen LogP contribution is 2.37. The van der Waals surface area contributed by atoms with Gasteiger partial charge in [0.2, 0.25) is 0 Å². The van der Waals surface area contributed by atoms with Crippen LogP contribution < -0.4 is 9.47 Å². The SMILES string of the molecule is CC1CCCN1Cc1c(OC(F)(F)F)cccc1OC(F)(F)F. The fourth-order valence-corrected chi connectivity index (χ4v) is 2.57. The Labute approximate surface area is 128 Å². The summed E-state index contributed by atoms with van der Waals surface area (Å²) >= 11 is 0. The van der Waals surface area contributed by atoms with E-state index in [1.165, 1.54) is 0 Å². The number of hydrogen-bond acceptors (Lipinski definition) is 3. The van der Waals surface area contributed by atoms with Crippen molar-refractivity contribution < 1.29 is 35.8 Å². The molecule has 0 N–H and O–H groups in total. The Morgan fingerprint density at radius 2 is 1.57 bits per heavy atom. The van der Waals surface area contributed by atoms with E-state index in [-0.39, 0.29) is 18.2 Å². The molecule has 1 fully saturated rings. The van der Waals surface area contributed by atoms with E-state index in [2.05, 4.69) is 9.47 Å². The molecule has 0 bridgehead atoms. The summed E-state index contributed by atoms with van der Waals surface area (Å²) in [6.07, 6.45) is -8.33. The van der Waals surface area contributed by atoms with E-state index < -0.39 is 24.2 Å². The molecule has 1 heterocycles. The lowest BCUT2D eigenvalue weighted by Crippen LogP contribution is -2.28. The number of rotatable bonds is 4. The minimum Gasteiger partial charge on any atom is -0.405 e. The van der Waals surface area contributed by atoms with Gasteiger partial charge in [0.25, 0.3) is 0 Å². The Morgan fingerprint density at radius 3 is 1.96 bits per heavy atom. The average Bonchev–Trinajstić information content (AvgIpc) is 2.75. The summed E-state index contributed by atoms with van der Waals surface area (Å²) in [7, 11) is 0. The van der Waals surface area contributed by atoms with E-state index in [1.807, 2.05) is 6.92 Å². The van der Waals surface area contributed by atoms with E-state index >= 15 is 0 Å². The maximum absolute atomic E-state index is 12.5. The van der Waals surface area contributed by atoms with Gasteiger partial charge in [0.15, 0.2) is 0 Å². The number of ether oxygens (including phenoxy) is 2. The Hall–Kier alpha value is -1.64. The highest BCUT2D eigenvalue weighted by atomic mass is 19.4. The summed E-state index contributed by atoms with van der Waals surface area (Å²) in [6, 6.07) is 3.05. The van der Waals surface area contributed by atoms with Crippen LogP contribution >= 0.6 is 0 Å². The van der Waals surface area contributed by atoms with Crippen molar-refractivity contribution in [3.05, 3.63) is 23.8 Å². The van der Waals surface area contributed by atoms with E-state index in [4.69, 9.17) is 0 Å². The number of benzene rings is 1. The van der Waals surface area contributed by atoms with Gasteiger partial charge in [-0.25, -0.2) is 0 Å². The normalized spacial score (nSPS) is 19.9. The molecule has 23 heavy (non-hydrogen) atoms. The zero-order valence-corrected chi connectivity index (χ0v) is 12.2. The van der Waals surface area contributed by atoms with Crippen LogP contribution in [0.1, 0.15) is 25.3 Å².